The number of rotatable bonds is 1. The van der Waals surface area contributed by atoms with E-state index in [-0.39, 0.29) is 12.2 Å². The van der Waals surface area contributed by atoms with Gasteiger partial charge in [-0.3, -0.25) is 0 Å². The van der Waals surface area contributed by atoms with E-state index in [0.717, 1.165) is 4.47 Å². The largest absolute Gasteiger partial charge is 0.345 e. The predicted octanol–water partition coefficient (Wildman–Crippen LogP) is 1.47. The number of aromatic amines is 1. The smallest absolute Gasteiger partial charge is 0.228 e. The number of hydrogen-bond donors (Lipinski definition) is 2. The van der Waals surface area contributed by atoms with Crippen LogP contribution >= 0.6 is 15.9 Å². The Kier molecular flexibility index (Phi) is 3.31. The molecule has 3 rings (SSSR count). The number of halogens is 2. The Hall–Kier alpha value is -1.72. The Balaban J connectivity index is 2.03. The van der Waals surface area contributed by atoms with Crippen LogP contribution in [0.2, 0.25) is 0 Å². The number of nitriles is 1. The lowest BCUT2D eigenvalue weighted by Crippen LogP contribution is -2.49. The van der Waals surface area contributed by atoms with Gasteiger partial charge in [-0.15, -0.1) is 0 Å². The fourth-order valence-electron chi connectivity index (χ4n) is 2.31. The fourth-order valence-corrected chi connectivity index (χ4v) is 2.80. The standard InChI is InChI=1S/C12H12BrFN6/c13-6-4-17-11-10(6)9(3-15)18-12(19-11)20-2-1-8(16)7(14)5-20/h4,7-8H,1-2,5,16H2,(H,17,18,19)/t7-,8-/m1/s1. The van der Waals surface area contributed by atoms with Crippen LogP contribution in [-0.2, 0) is 0 Å². The molecule has 8 heteroatoms. The zero-order valence-corrected chi connectivity index (χ0v) is 12.1. The third kappa shape index (κ3) is 2.13. The van der Waals surface area contributed by atoms with E-state index in [2.05, 4.69) is 37.0 Å². The molecule has 1 fully saturated rings. The number of aromatic nitrogens is 3. The van der Waals surface area contributed by atoms with Crippen LogP contribution < -0.4 is 10.6 Å². The normalized spacial score (nSPS) is 23.0. The quantitative estimate of drug-likeness (QED) is 0.820. The van der Waals surface area contributed by atoms with Crippen molar-refractivity contribution in [2.75, 3.05) is 18.0 Å². The summed E-state index contributed by atoms with van der Waals surface area (Å²) in [5.41, 5.74) is 6.49. The van der Waals surface area contributed by atoms with Crippen molar-refractivity contribution in [1.29, 1.82) is 5.26 Å². The molecule has 2 aromatic rings. The molecule has 0 aromatic carbocycles. The van der Waals surface area contributed by atoms with Crippen LogP contribution in [0, 0.1) is 11.3 Å². The molecule has 0 bridgehead atoms. The maximum Gasteiger partial charge on any atom is 0.228 e. The van der Waals surface area contributed by atoms with Gasteiger partial charge in [0.2, 0.25) is 5.95 Å². The minimum absolute atomic E-state index is 0.152. The molecule has 6 nitrogen and oxygen atoms in total. The molecule has 1 saturated heterocycles. The second kappa shape index (κ2) is 5.00. The first-order valence-electron chi connectivity index (χ1n) is 6.19. The predicted molar refractivity (Wildman–Crippen MR) is 76.0 cm³/mol. The van der Waals surface area contributed by atoms with Gasteiger partial charge in [0.05, 0.1) is 11.9 Å². The monoisotopic (exact) mass is 338 g/mol. The number of nitrogens with zero attached hydrogens (tertiary/aromatic N) is 4. The van der Waals surface area contributed by atoms with Gasteiger partial charge >= 0.3 is 0 Å². The van der Waals surface area contributed by atoms with E-state index in [9.17, 15) is 9.65 Å². The van der Waals surface area contributed by atoms with Gasteiger partial charge in [0, 0.05) is 23.3 Å². The number of nitrogens with two attached hydrogens (primary N) is 1. The average Bonchev–Trinajstić information content (AvgIpc) is 2.82. The highest BCUT2D eigenvalue weighted by Gasteiger charge is 2.28. The Bertz CT molecular complexity index is 693. The minimum Gasteiger partial charge on any atom is -0.345 e. The Labute approximate surface area is 122 Å². The zero-order valence-electron chi connectivity index (χ0n) is 10.5. The van der Waals surface area contributed by atoms with Crippen molar-refractivity contribution in [3.05, 3.63) is 16.4 Å². The van der Waals surface area contributed by atoms with Gasteiger partial charge in [-0.2, -0.15) is 10.2 Å². The summed E-state index contributed by atoms with van der Waals surface area (Å²) in [6.45, 7) is 0.735. The van der Waals surface area contributed by atoms with Crippen molar-refractivity contribution in [3.8, 4) is 6.07 Å². The van der Waals surface area contributed by atoms with E-state index in [1.807, 2.05) is 0 Å². The molecule has 2 atom stereocenters. The Morgan fingerprint density at radius 3 is 3.05 bits per heavy atom. The molecule has 0 spiro atoms. The van der Waals surface area contributed by atoms with Crippen LogP contribution in [0.25, 0.3) is 11.0 Å². The van der Waals surface area contributed by atoms with Gasteiger partial charge in [-0.05, 0) is 22.4 Å². The summed E-state index contributed by atoms with van der Waals surface area (Å²) in [6.07, 6.45) is 1.14. The van der Waals surface area contributed by atoms with Crippen molar-refractivity contribution >= 4 is 32.9 Å². The molecule has 0 aliphatic carbocycles. The molecule has 0 unspecified atom stereocenters. The van der Waals surface area contributed by atoms with Crippen LogP contribution in [0.15, 0.2) is 10.7 Å². The molecular weight excluding hydrogens is 327 g/mol. The lowest BCUT2D eigenvalue weighted by molar-refractivity contribution is 0.250. The number of H-pyrrole nitrogens is 1. The SMILES string of the molecule is N#Cc1nc(N2CC[C@@H](N)[C@H](F)C2)nc2[nH]cc(Br)c12. The molecule has 0 saturated carbocycles. The fraction of sp³-hybridized carbons (Fsp3) is 0.417. The zero-order chi connectivity index (χ0) is 14.3. The van der Waals surface area contributed by atoms with Gasteiger partial charge in [-0.25, -0.2) is 9.37 Å². The maximum absolute atomic E-state index is 13.7. The molecule has 20 heavy (non-hydrogen) atoms. The van der Waals surface area contributed by atoms with Crippen molar-refractivity contribution in [2.45, 2.75) is 18.6 Å². The van der Waals surface area contributed by atoms with E-state index in [1.165, 1.54) is 0 Å². The van der Waals surface area contributed by atoms with Gasteiger partial charge in [0.15, 0.2) is 5.69 Å². The third-order valence-electron chi connectivity index (χ3n) is 3.45. The van der Waals surface area contributed by atoms with Crippen molar-refractivity contribution in [2.24, 2.45) is 5.73 Å². The highest BCUT2D eigenvalue weighted by atomic mass is 79.9. The number of piperidine rings is 1. The van der Waals surface area contributed by atoms with Crippen LogP contribution in [0.3, 0.4) is 0 Å². The van der Waals surface area contributed by atoms with E-state index in [4.69, 9.17) is 5.73 Å². The summed E-state index contributed by atoms with van der Waals surface area (Å²) < 4.78 is 14.4. The second-order valence-corrected chi connectivity index (χ2v) is 5.61. The topological polar surface area (TPSA) is 94.6 Å². The van der Waals surface area contributed by atoms with Gasteiger partial charge in [0.25, 0.3) is 0 Å². The van der Waals surface area contributed by atoms with Gasteiger partial charge < -0.3 is 15.6 Å². The summed E-state index contributed by atoms with van der Waals surface area (Å²) >= 11 is 3.34. The molecule has 1 aliphatic heterocycles. The first kappa shape index (κ1) is 13.3. The summed E-state index contributed by atoms with van der Waals surface area (Å²) in [5, 5.41) is 9.85. The van der Waals surface area contributed by atoms with Crippen LogP contribution in [0.5, 0.6) is 0 Å². The lowest BCUT2D eigenvalue weighted by atomic mass is 10.0. The first-order valence-corrected chi connectivity index (χ1v) is 6.98. The number of fused-ring (bicyclic) bond motifs is 1. The van der Waals surface area contributed by atoms with Crippen LogP contribution in [0.1, 0.15) is 12.1 Å². The molecular formula is C12H12BrFN6. The van der Waals surface area contributed by atoms with Crippen molar-refractivity contribution in [3.63, 3.8) is 0 Å². The van der Waals surface area contributed by atoms with Crippen molar-refractivity contribution < 1.29 is 4.39 Å². The van der Waals surface area contributed by atoms with Gasteiger partial charge in [-0.1, -0.05) is 0 Å². The number of hydrogen-bond acceptors (Lipinski definition) is 5. The number of nitrogens with one attached hydrogen (secondary N) is 1. The average molecular weight is 339 g/mol. The first-order chi connectivity index (χ1) is 9.60. The summed E-state index contributed by atoms with van der Waals surface area (Å²) in [7, 11) is 0. The summed E-state index contributed by atoms with van der Waals surface area (Å²) in [6, 6.07) is 1.61. The van der Waals surface area contributed by atoms with E-state index in [0.29, 0.717) is 29.9 Å². The summed E-state index contributed by atoms with van der Waals surface area (Å²) in [5.74, 6) is 0.359. The maximum atomic E-state index is 13.7. The van der Waals surface area contributed by atoms with Crippen LogP contribution in [-0.4, -0.2) is 40.3 Å². The lowest BCUT2D eigenvalue weighted by Gasteiger charge is -2.32. The Morgan fingerprint density at radius 2 is 2.35 bits per heavy atom. The molecule has 3 N–H and O–H groups in total. The minimum atomic E-state index is -1.11. The second-order valence-electron chi connectivity index (χ2n) is 4.76. The number of anilines is 1. The third-order valence-corrected chi connectivity index (χ3v) is 4.08. The molecule has 0 amide bonds. The molecule has 2 aromatic heterocycles. The Morgan fingerprint density at radius 1 is 1.55 bits per heavy atom. The highest BCUT2D eigenvalue weighted by Crippen LogP contribution is 2.27. The number of alkyl halides is 1. The molecule has 0 radical (unpaired) electrons. The van der Waals surface area contributed by atoms with E-state index >= 15 is 0 Å². The van der Waals surface area contributed by atoms with E-state index < -0.39 is 12.2 Å². The molecule has 104 valence electrons. The molecule has 3 heterocycles. The van der Waals surface area contributed by atoms with Crippen LogP contribution in [0.4, 0.5) is 10.3 Å². The van der Waals surface area contributed by atoms with E-state index in [1.54, 1.807) is 11.1 Å². The highest BCUT2D eigenvalue weighted by molar-refractivity contribution is 9.10. The molecule has 1 aliphatic rings. The summed E-state index contributed by atoms with van der Waals surface area (Å²) in [4.78, 5) is 13.3. The van der Waals surface area contributed by atoms with Crippen molar-refractivity contribution in [1.82, 2.24) is 15.0 Å². The van der Waals surface area contributed by atoms with Gasteiger partial charge in [0.1, 0.15) is 17.9 Å².